The zero-order chi connectivity index (χ0) is 20.8. The van der Waals surface area contributed by atoms with Gasteiger partial charge in [0.25, 0.3) is 5.91 Å². The van der Waals surface area contributed by atoms with Gasteiger partial charge in [0.05, 0.1) is 0 Å². The first kappa shape index (κ1) is 20.2. The van der Waals surface area contributed by atoms with E-state index in [2.05, 4.69) is 9.46 Å². The molecule has 1 amide bonds. The smallest absolute Gasteiger partial charge is 0.406 e. The van der Waals surface area contributed by atoms with Gasteiger partial charge in [0, 0.05) is 24.2 Å². The fourth-order valence-electron chi connectivity index (χ4n) is 4.01. The molecule has 3 unspecified atom stereocenters. The molecule has 4 rings (SSSR count). The number of amides is 1. The first-order valence-corrected chi connectivity index (χ1v) is 11.2. The Morgan fingerprint density at radius 3 is 2.62 bits per heavy atom. The molecule has 2 fully saturated rings. The summed E-state index contributed by atoms with van der Waals surface area (Å²) in [4.78, 5) is 14.4. The number of hydrogen-bond acceptors (Lipinski definition) is 5. The summed E-state index contributed by atoms with van der Waals surface area (Å²) in [7, 11) is -3.59. The van der Waals surface area contributed by atoms with Crippen LogP contribution in [-0.2, 0) is 10.0 Å². The maximum Gasteiger partial charge on any atom is 0.573 e. The predicted molar refractivity (Wildman–Crippen MR) is 99.1 cm³/mol. The molecule has 2 aliphatic rings. The van der Waals surface area contributed by atoms with Crippen molar-refractivity contribution in [1.29, 1.82) is 0 Å². The molecule has 1 saturated carbocycles. The summed E-state index contributed by atoms with van der Waals surface area (Å²) in [5, 5.41) is 1.69. The van der Waals surface area contributed by atoms with Crippen LogP contribution in [0.2, 0.25) is 0 Å². The van der Waals surface area contributed by atoms with Gasteiger partial charge in [-0.2, -0.15) is 0 Å². The second-order valence-corrected chi connectivity index (χ2v) is 9.97. The number of hydrogen-bond donors (Lipinski definition) is 1. The molecular weight excluding hydrogens is 429 g/mol. The normalized spacial score (nSPS) is 24.1. The van der Waals surface area contributed by atoms with Crippen LogP contribution in [0.3, 0.4) is 0 Å². The van der Waals surface area contributed by atoms with Crippen molar-refractivity contribution < 1.29 is 31.1 Å². The second kappa shape index (κ2) is 7.29. The van der Waals surface area contributed by atoms with Crippen molar-refractivity contribution in [2.24, 2.45) is 5.92 Å². The Morgan fingerprint density at radius 2 is 2.00 bits per heavy atom. The molecule has 2 heterocycles. The highest BCUT2D eigenvalue weighted by Crippen LogP contribution is 2.39. The van der Waals surface area contributed by atoms with E-state index in [1.165, 1.54) is 18.2 Å². The van der Waals surface area contributed by atoms with Crippen molar-refractivity contribution in [3.8, 4) is 5.75 Å². The van der Waals surface area contributed by atoms with E-state index in [9.17, 15) is 26.4 Å². The van der Waals surface area contributed by atoms with E-state index in [4.69, 9.17) is 0 Å². The lowest BCUT2D eigenvalue weighted by molar-refractivity contribution is -0.274. The van der Waals surface area contributed by atoms with Crippen molar-refractivity contribution in [3.05, 3.63) is 47.3 Å². The minimum Gasteiger partial charge on any atom is -0.406 e. The number of sulfonamides is 1. The lowest BCUT2D eigenvalue weighted by Crippen LogP contribution is -2.47. The fourth-order valence-corrected chi connectivity index (χ4v) is 6.34. The number of carbonyl (C=O) groups is 1. The van der Waals surface area contributed by atoms with Gasteiger partial charge in [0.1, 0.15) is 9.96 Å². The fraction of sp³-hybridized carbons (Fsp3) is 0.389. The maximum atomic E-state index is 12.8. The summed E-state index contributed by atoms with van der Waals surface area (Å²) in [6.45, 7) is 0.353. The molecule has 6 nitrogen and oxygen atoms in total. The van der Waals surface area contributed by atoms with E-state index in [-0.39, 0.29) is 33.7 Å². The standard InChI is InChI=1S/C18H17F3N2O4S2/c19-18(20,21)27-14-4-1-3-11(8-14)17(24)23-10-12-7-13(23)9-15(12)22-29(25,26)16-5-2-6-28-16/h1-6,8,12-13,15,22H,7,9-10H2. The Labute approximate surface area is 169 Å². The molecule has 29 heavy (non-hydrogen) atoms. The Hall–Kier alpha value is -2.11. The van der Waals surface area contributed by atoms with Crippen LogP contribution < -0.4 is 9.46 Å². The third-order valence-electron chi connectivity index (χ3n) is 5.18. The summed E-state index contributed by atoms with van der Waals surface area (Å²) >= 11 is 1.13. The summed E-state index contributed by atoms with van der Waals surface area (Å²) in [6, 6.07) is 7.75. The Kier molecular flexibility index (Phi) is 5.07. The van der Waals surface area contributed by atoms with Gasteiger partial charge in [0.15, 0.2) is 0 Å². The summed E-state index contributed by atoms with van der Waals surface area (Å²) in [5.74, 6) is -0.868. The van der Waals surface area contributed by atoms with E-state index in [0.717, 1.165) is 23.5 Å². The zero-order valence-corrected chi connectivity index (χ0v) is 16.6. The van der Waals surface area contributed by atoms with Gasteiger partial charge in [-0.1, -0.05) is 12.1 Å². The van der Waals surface area contributed by atoms with Gasteiger partial charge in [-0.15, -0.1) is 24.5 Å². The van der Waals surface area contributed by atoms with Crippen LogP contribution in [0.1, 0.15) is 23.2 Å². The first-order chi connectivity index (χ1) is 13.6. The summed E-state index contributed by atoms with van der Waals surface area (Å²) in [5.41, 5.74) is 0.106. The van der Waals surface area contributed by atoms with Crippen LogP contribution in [0.15, 0.2) is 46.0 Å². The van der Waals surface area contributed by atoms with Crippen LogP contribution in [0, 0.1) is 5.92 Å². The van der Waals surface area contributed by atoms with E-state index in [1.54, 1.807) is 16.3 Å². The molecule has 11 heteroatoms. The quantitative estimate of drug-likeness (QED) is 0.765. The Balaban J connectivity index is 1.42. The number of fused-ring (bicyclic) bond motifs is 2. The monoisotopic (exact) mass is 446 g/mol. The van der Waals surface area contributed by atoms with Gasteiger partial charge >= 0.3 is 6.36 Å². The number of nitrogens with one attached hydrogen (secondary N) is 1. The number of rotatable bonds is 5. The van der Waals surface area contributed by atoms with E-state index in [0.29, 0.717) is 19.4 Å². The minimum atomic E-state index is -4.83. The summed E-state index contributed by atoms with van der Waals surface area (Å²) in [6.07, 6.45) is -3.71. The molecule has 1 N–H and O–H groups in total. The van der Waals surface area contributed by atoms with E-state index < -0.39 is 22.1 Å². The average molecular weight is 446 g/mol. The maximum absolute atomic E-state index is 12.8. The van der Waals surface area contributed by atoms with E-state index in [1.807, 2.05) is 0 Å². The Morgan fingerprint density at radius 1 is 1.21 bits per heavy atom. The number of alkyl halides is 3. The molecule has 1 aliphatic carbocycles. The van der Waals surface area contributed by atoms with Gasteiger partial charge < -0.3 is 9.64 Å². The molecule has 0 spiro atoms. The predicted octanol–water partition coefficient (Wildman–Crippen LogP) is 3.23. The number of halogens is 3. The number of carbonyl (C=O) groups excluding carboxylic acids is 1. The highest BCUT2D eigenvalue weighted by atomic mass is 32.2. The first-order valence-electron chi connectivity index (χ1n) is 8.85. The number of likely N-dealkylation sites (tertiary alicyclic amines) is 1. The van der Waals surface area contributed by atoms with Gasteiger partial charge in [0.2, 0.25) is 10.0 Å². The van der Waals surface area contributed by atoms with Crippen LogP contribution in [0.25, 0.3) is 0 Å². The zero-order valence-electron chi connectivity index (χ0n) is 14.9. The third kappa shape index (κ3) is 4.26. The van der Waals surface area contributed by atoms with Gasteiger partial charge in [-0.3, -0.25) is 4.79 Å². The van der Waals surface area contributed by atoms with Crippen LogP contribution >= 0.6 is 11.3 Å². The molecule has 1 aromatic heterocycles. The third-order valence-corrected chi connectivity index (χ3v) is 8.07. The topological polar surface area (TPSA) is 75.7 Å². The molecule has 2 aromatic rings. The molecule has 3 atom stereocenters. The molecule has 1 aromatic carbocycles. The number of ether oxygens (including phenoxy) is 1. The van der Waals surface area contributed by atoms with Crippen molar-refractivity contribution >= 4 is 27.3 Å². The minimum absolute atomic E-state index is 0.0340. The SMILES string of the molecule is O=C(c1cccc(OC(F)(F)F)c1)N1CC2CC1CC2NS(=O)(=O)c1cccs1. The molecule has 1 saturated heterocycles. The van der Waals surface area contributed by atoms with Crippen LogP contribution in [0.5, 0.6) is 5.75 Å². The van der Waals surface area contributed by atoms with Gasteiger partial charge in [-0.05, 0) is 48.4 Å². The number of piperidine rings is 1. The van der Waals surface area contributed by atoms with Crippen molar-refractivity contribution in [2.75, 3.05) is 6.54 Å². The van der Waals surface area contributed by atoms with Crippen molar-refractivity contribution in [2.45, 2.75) is 35.5 Å². The molecule has 2 bridgehead atoms. The van der Waals surface area contributed by atoms with Crippen LogP contribution in [-0.4, -0.2) is 44.2 Å². The molecule has 1 aliphatic heterocycles. The molecular formula is C18H17F3N2O4S2. The van der Waals surface area contributed by atoms with Gasteiger partial charge in [-0.25, -0.2) is 13.1 Å². The summed E-state index contributed by atoms with van der Waals surface area (Å²) < 4.78 is 68.9. The Bertz CT molecular complexity index is 1010. The van der Waals surface area contributed by atoms with Crippen molar-refractivity contribution in [3.63, 3.8) is 0 Å². The van der Waals surface area contributed by atoms with Crippen LogP contribution in [0.4, 0.5) is 13.2 Å². The lowest BCUT2D eigenvalue weighted by atomic mass is 10.0. The largest absolute Gasteiger partial charge is 0.573 e. The number of benzene rings is 1. The molecule has 0 radical (unpaired) electrons. The highest BCUT2D eigenvalue weighted by Gasteiger charge is 2.48. The molecule has 156 valence electrons. The van der Waals surface area contributed by atoms with Crippen molar-refractivity contribution in [1.82, 2.24) is 9.62 Å². The average Bonchev–Trinajstić information content (AvgIpc) is 3.36. The van der Waals surface area contributed by atoms with E-state index >= 15 is 0 Å². The number of nitrogens with zero attached hydrogens (tertiary/aromatic N) is 1. The second-order valence-electron chi connectivity index (χ2n) is 7.08. The number of thiophene rings is 1. The highest BCUT2D eigenvalue weighted by molar-refractivity contribution is 7.91. The lowest BCUT2D eigenvalue weighted by Gasteiger charge is -2.32.